The van der Waals surface area contributed by atoms with Crippen LogP contribution in [0.15, 0.2) is 11.6 Å². The van der Waals surface area contributed by atoms with E-state index in [0.29, 0.717) is 13.2 Å². The van der Waals surface area contributed by atoms with Gasteiger partial charge in [-0.25, -0.2) is 0 Å². The molecule has 12 heavy (non-hydrogen) atoms. The molecule has 1 rings (SSSR count). The average molecular weight is 169 g/mol. The van der Waals surface area contributed by atoms with Crippen LogP contribution in [-0.2, 0) is 9.53 Å². The van der Waals surface area contributed by atoms with Crippen LogP contribution in [0.5, 0.6) is 0 Å². The Morgan fingerprint density at radius 1 is 1.58 bits per heavy atom. The zero-order valence-corrected chi connectivity index (χ0v) is 7.59. The van der Waals surface area contributed by atoms with Gasteiger partial charge in [0.05, 0.1) is 6.61 Å². The lowest BCUT2D eigenvalue weighted by atomic mass is 10.1. The highest BCUT2D eigenvalue weighted by Crippen LogP contribution is 2.00. The van der Waals surface area contributed by atoms with Crippen molar-refractivity contribution in [2.24, 2.45) is 0 Å². The van der Waals surface area contributed by atoms with E-state index in [-0.39, 0.29) is 11.9 Å². The third-order valence-electron chi connectivity index (χ3n) is 1.68. The first-order chi connectivity index (χ1) is 5.70. The molecule has 1 fully saturated rings. The summed E-state index contributed by atoms with van der Waals surface area (Å²) in [5.74, 6) is 0.0715. The molecular weight excluding hydrogens is 154 g/mol. The van der Waals surface area contributed by atoms with Gasteiger partial charge in [-0.15, -0.1) is 0 Å². The van der Waals surface area contributed by atoms with E-state index in [1.54, 1.807) is 6.08 Å². The highest BCUT2D eigenvalue weighted by molar-refractivity contribution is 5.94. The number of allylic oxidation sites excluding steroid dienone is 1. The molecule has 68 valence electrons. The third-order valence-corrected chi connectivity index (χ3v) is 1.68. The Kier molecular flexibility index (Phi) is 3.44. The number of carbonyl (C=O) groups excluding carboxylic acids is 1. The average Bonchev–Trinajstić information content (AvgIpc) is 2.05. The van der Waals surface area contributed by atoms with Gasteiger partial charge in [0.1, 0.15) is 6.10 Å². The molecule has 1 aliphatic heterocycles. The summed E-state index contributed by atoms with van der Waals surface area (Å²) in [4.78, 5) is 11.4. The van der Waals surface area contributed by atoms with Gasteiger partial charge in [0, 0.05) is 13.1 Å². The Bertz CT molecular complexity index is 189. The summed E-state index contributed by atoms with van der Waals surface area (Å²) in [6.45, 7) is 5.94. The lowest BCUT2D eigenvalue weighted by Gasteiger charge is -2.21. The monoisotopic (exact) mass is 169 g/mol. The zero-order valence-electron chi connectivity index (χ0n) is 7.59. The summed E-state index contributed by atoms with van der Waals surface area (Å²) in [6.07, 6.45) is 1.37. The zero-order chi connectivity index (χ0) is 8.97. The van der Waals surface area contributed by atoms with Crippen molar-refractivity contribution in [3.05, 3.63) is 11.6 Å². The summed E-state index contributed by atoms with van der Waals surface area (Å²) in [7, 11) is 0. The number of rotatable bonds is 2. The Morgan fingerprint density at radius 3 is 2.83 bits per heavy atom. The second kappa shape index (κ2) is 4.38. The lowest BCUT2D eigenvalue weighted by molar-refractivity contribution is -0.127. The summed E-state index contributed by atoms with van der Waals surface area (Å²) in [6, 6.07) is 0. The van der Waals surface area contributed by atoms with Crippen LogP contribution in [-0.4, -0.2) is 31.6 Å². The van der Waals surface area contributed by atoms with Gasteiger partial charge >= 0.3 is 0 Å². The van der Waals surface area contributed by atoms with E-state index in [0.717, 1.165) is 12.1 Å². The van der Waals surface area contributed by atoms with Crippen LogP contribution in [0.2, 0.25) is 0 Å². The van der Waals surface area contributed by atoms with Crippen molar-refractivity contribution in [1.82, 2.24) is 5.32 Å². The van der Waals surface area contributed by atoms with E-state index in [1.807, 2.05) is 13.8 Å². The topological polar surface area (TPSA) is 38.3 Å². The van der Waals surface area contributed by atoms with E-state index in [2.05, 4.69) is 5.32 Å². The van der Waals surface area contributed by atoms with Crippen molar-refractivity contribution >= 4 is 5.78 Å². The number of ketones is 1. The fourth-order valence-corrected chi connectivity index (χ4v) is 1.13. The number of ether oxygens (including phenoxy) is 1. The summed E-state index contributed by atoms with van der Waals surface area (Å²) >= 11 is 0. The van der Waals surface area contributed by atoms with Gasteiger partial charge in [0.25, 0.3) is 0 Å². The van der Waals surface area contributed by atoms with Crippen molar-refractivity contribution in [3.63, 3.8) is 0 Å². The van der Waals surface area contributed by atoms with E-state index >= 15 is 0 Å². The number of hydrogen-bond acceptors (Lipinski definition) is 3. The molecule has 3 nitrogen and oxygen atoms in total. The predicted molar refractivity (Wildman–Crippen MR) is 47.0 cm³/mol. The molecule has 1 heterocycles. The van der Waals surface area contributed by atoms with Crippen molar-refractivity contribution in [2.45, 2.75) is 20.0 Å². The highest BCUT2D eigenvalue weighted by atomic mass is 16.5. The van der Waals surface area contributed by atoms with Crippen molar-refractivity contribution < 1.29 is 9.53 Å². The van der Waals surface area contributed by atoms with Crippen molar-refractivity contribution in [3.8, 4) is 0 Å². The highest BCUT2D eigenvalue weighted by Gasteiger charge is 2.19. The van der Waals surface area contributed by atoms with E-state index in [4.69, 9.17) is 4.74 Å². The molecule has 1 unspecified atom stereocenters. The van der Waals surface area contributed by atoms with Crippen LogP contribution < -0.4 is 5.32 Å². The van der Waals surface area contributed by atoms with E-state index in [1.165, 1.54) is 0 Å². The first kappa shape index (κ1) is 9.42. The molecule has 0 aliphatic carbocycles. The van der Waals surface area contributed by atoms with Gasteiger partial charge in [0.2, 0.25) is 0 Å². The van der Waals surface area contributed by atoms with Gasteiger partial charge < -0.3 is 10.1 Å². The maximum Gasteiger partial charge on any atom is 0.185 e. The second-order valence-electron chi connectivity index (χ2n) is 3.19. The molecule has 1 N–H and O–H groups in total. The molecule has 0 amide bonds. The van der Waals surface area contributed by atoms with E-state index in [9.17, 15) is 4.79 Å². The van der Waals surface area contributed by atoms with Crippen LogP contribution in [0.4, 0.5) is 0 Å². The van der Waals surface area contributed by atoms with Crippen LogP contribution in [0.3, 0.4) is 0 Å². The minimum Gasteiger partial charge on any atom is -0.367 e. The van der Waals surface area contributed by atoms with Gasteiger partial charge in [-0.2, -0.15) is 0 Å². The van der Waals surface area contributed by atoms with Crippen molar-refractivity contribution in [1.29, 1.82) is 0 Å². The molecule has 0 spiro atoms. The number of nitrogens with one attached hydrogen (secondary N) is 1. The Labute approximate surface area is 72.8 Å². The number of morpholine rings is 1. The normalized spacial score (nSPS) is 23.3. The standard InChI is InChI=1S/C9H15NO2/c1-7(2)5-8(11)9-6-10-3-4-12-9/h5,9-10H,3-4,6H2,1-2H3. The fraction of sp³-hybridized carbons (Fsp3) is 0.667. The summed E-state index contributed by atoms with van der Waals surface area (Å²) in [5, 5.41) is 3.11. The molecule has 1 saturated heterocycles. The molecular formula is C9H15NO2. The Hall–Kier alpha value is -0.670. The minimum absolute atomic E-state index is 0.0715. The summed E-state index contributed by atoms with van der Waals surface area (Å²) < 4.78 is 5.28. The van der Waals surface area contributed by atoms with Gasteiger partial charge in [-0.05, 0) is 19.9 Å². The maximum atomic E-state index is 11.4. The molecule has 0 radical (unpaired) electrons. The first-order valence-corrected chi connectivity index (χ1v) is 4.21. The molecule has 0 aromatic carbocycles. The Morgan fingerprint density at radius 2 is 2.33 bits per heavy atom. The molecule has 1 atom stereocenters. The number of carbonyl (C=O) groups is 1. The smallest absolute Gasteiger partial charge is 0.185 e. The molecule has 0 saturated carbocycles. The molecule has 3 heteroatoms. The van der Waals surface area contributed by atoms with Gasteiger partial charge in [-0.3, -0.25) is 4.79 Å². The minimum atomic E-state index is -0.270. The van der Waals surface area contributed by atoms with Gasteiger partial charge in [0.15, 0.2) is 5.78 Å². The third kappa shape index (κ3) is 2.75. The first-order valence-electron chi connectivity index (χ1n) is 4.21. The van der Waals surface area contributed by atoms with Crippen LogP contribution in [0, 0.1) is 0 Å². The largest absolute Gasteiger partial charge is 0.367 e. The molecule has 0 aromatic rings. The van der Waals surface area contributed by atoms with Crippen LogP contribution in [0.1, 0.15) is 13.8 Å². The Balaban J connectivity index is 2.45. The van der Waals surface area contributed by atoms with E-state index < -0.39 is 0 Å². The van der Waals surface area contributed by atoms with Gasteiger partial charge in [-0.1, -0.05) is 5.57 Å². The summed E-state index contributed by atoms with van der Waals surface area (Å²) in [5.41, 5.74) is 1.02. The molecule has 0 bridgehead atoms. The van der Waals surface area contributed by atoms with Crippen LogP contribution >= 0.6 is 0 Å². The second-order valence-corrected chi connectivity index (χ2v) is 3.19. The SMILES string of the molecule is CC(C)=CC(=O)C1CNCCO1. The number of hydrogen-bond donors (Lipinski definition) is 1. The molecule has 0 aromatic heterocycles. The lowest BCUT2D eigenvalue weighted by Crippen LogP contribution is -2.42. The van der Waals surface area contributed by atoms with Crippen LogP contribution in [0.25, 0.3) is 0 Å². The maximum absolute atomic E-state index is 11.4. The van der Waals surface area contributed by atoms with Crippen molar-refractivity contribution in [2.75, 3.05) is 19.7 Å². The molecule has 1 aliphatic rings. The predicted octanol–water partition coefficient (Wildman–Crippen LogP) is 0.510. The fourth-order valence-electron chi connectivity index (χ4n) is 1.13. The quantitative estimate of drug-likeness (QED) is 0.612.